The van der Waals surface area contributed by atoms with Gasteiger partial charge in [-0.1, -0.05) is 67.3 Å². The molecule has 0 saturated heterocycles. The van der Waals surface area contributed by atoms with Gasteiger partial charge in [-0.15, -0.1) is 0 Å². The lowest BCUT2D eigenvalue weighted by Gasteiger charge is -2.22. The van der Waals surface area contributed by atoms with Crippen LogP contribution in [-0.4, -0.2) is 18.0 Å². The van der Waals surface area contributed by atoms with Crippen LogP contribution < -0.4 is 10.9 Å². The molecule has 120 valence electrons. The van der Waals surface area contributed by atoms with Crippen LogP contribution in [-0.2, 0) is 11.3 Å². The monoisotopic (exact) mass is 328 g/mol. The molecule has 2 aromatic rings. The molecule has 1 aliphatic rings. The van der Waals surface area contributed by atoms with Gasteiger partial charge in [-0.25, -0.2) is 0 Å². The molecule has 1 aliphatic carbocycles. The molecule has 0 unspecified atom stereocenters. The second kappa shape index (κ2) is 8.00. The summed E-state index contributed by atoms with van der Waals surface area (Å²) in [6.45, 7) is 0.0303. The van der Waals surface area contributed by atoms with Crippen molar-refractivity contribution in [3.63, 3.8) is 0 Å². The lowest BCUT2D eigenvalue weighted by atomic mass is 9.56. The minimum absolute atomic E-state index is 0.420. The van der Waals surface area contributed by atoms with E-state index in [0.717, 1.165) is 16.5 Å². The summed E-state index contributed by atoms with van der Waals surface area (Å²) >= 11 is 5.89. The van der Waals surface area contributed by atoms with Crippen molar-refractivity contribution in [3.05, 3.63) is 59.1 Å². The first-order valence-electron chi connectivity index (χ1n) is 8.36. The van der Waals surface area contributed by atoms with Gasteiger partial charge in [0.2, 0.25) is 0 Å². The van der Waals surface area contributed by atoms with E-state index in [1.165, 1.54) is 32.1 Å². The van der Waals surface area contributed by atoms with Gasteiger partial charge in [-0.2, -0.15) is 0 Å². The van der Waals surface area contributed by atoms with Crippen LogP contribution in [0, 0.1) is 0 Å². The number of hydrogen-bond donors (Lipinski definition) is 1. The first kappa shape index (κ1) is 16.6. The van der Waals surface area contributed by atoms with E-state index in [2.05, 4.69) is 0 Å². The largest absolute Gasteiger partial charge is 0.443 e. The SMILES string of the molecule is OB(c1ccc(Cl)cc1)c1ccc(COC2CCCCC2)cc1. The summed E-state index contributed by atoms with van der Waals surface area (Å²) in [6, 6.07) is 15.3. The van der Waals surface area contributed by atoms with Crippen LogP contribution in [0.25, 0.3) is 0 Å². The minimum atomic E-state index is -0.624. The summed E-state index contributed by atoms with van der Waals surface area (Å²) in [6.07, 6.45) is 6.72. The van der Waals surface area contributed by atoms with Crippen LogP contribution in [0.15, 0.2) is 48.5 Å². The summed E-state index contributed by atoms with van der Waals surface area (Å²) in [5.41, 5.74) is 2.89. The molecule has 0 radical (unpaired) electrons. The second-order valence-corrected chi connectivity index (χ2v) is 6.70. The number of ether oxygens (including phenoxy) is 1. The van der Waals surface area contributed by atoms with Gasteiger partial charge < -0.3 is 9.76 Å². The zero-order valence-electron chi connectivity index (χ0n) is 13.2. The Kier molecular flexibility index (Phi) is 5.77. The molecule has 23 heavy (non-hydrogen) atoms. The number of rotatable bonds is 5. The van der Waals surface area contributed by atoms with E-state index < -0.39 is 6.92 Å². The molecule has 1 saturated carbocycles. The highest BCUT2D eigenvalue weighted by Crippen LogP contribution is 2.21. The highest BCUT2D eigenvalue weighted by Gasteiger charge is 2.17. The predicted octanol–water partition coefficient (Wildman–Crippen LogP) is 3.29. The number of halogens is 1. The van der Waals surface area contributed by atoms with E-state index in [1.54, 1.807) is 12.1 Å². The molecule has 0 atom stereocenters. The Bertz CT molecular complexity index is 606. The Hall–Kier alpha value is -1.29. The standard InChI is InChI=1S/C19H22BClO2/c21-18-12-10-17(11-13-18)20(22)16-8-6-15(7-9-16)14-23-19-4-2-1-3-5-19/h6-13,19,22H,1-5,14H2. The van der Waals surface area contributed by atoms with Crippen molar-refractivity contribution in [1.29, 1.82) is 0 Å². The van der Waals surface area contributed by atoms with Crippen molar-refractivity contribution in [2.75, 3.05) is 0 Å². The molecule has 1 fully saturated rings. The second-order valence-electron chi connectivity index (χ2n) is 6.27. The fraction of sp³-hybridized carbons (Fsp3) is 0.368. The van der Waals surface area contributed by atoms with Crippen molar-refractivity contribution in [1.82, 2.24) is 0 Å². The Labute approximate surface area is 143 Å². The van der Waals surface area contributed by atoms with Crippen LogP contribution >= 0.6 is 11.6 Å². The van der Waals surface area contributed by atoms with E-state index in [1.807, 2.05) is 36.4 Å². The molecule has 0 amide bonds. The molecule has 2 nitrogen and oxygen atoms in total. The predicted molar refractivity (Wildman–Crippen MR) is 96.8 cm³/mol. The maximum Gasteiger partial charge on any atom is 0.358 e. The van der Waals surface area contributed by atoms with Gasteiger partial charge in [0.05, 0.1) is 12.7 Å². The maximum atomic E-state index is 10.4. The third kappa shape index (κ3) is 4.60. The molecule has 1 N–H and O–H groups in total. The Morgan fingerprint density at radius 3 is 2.09 bits per heavy atom. The van der Waals surface area contributed by atoms with Crippen molar-refractivity contribution in [2.45, 2.75) is 44.8 Å². The Morgan fingerprint density at radius 2 is 1.48 bits per heavy atom. The zero-order valence-corrected chi connectivity index (χ0v) is 14.0. The van der Waals surface area contributed by atoms with Crippen molar-refractivity contribution >= 4 is 29.4 Å². The lowest BCUT2D eigenvalue weighted by molar-refractivity contribution is 0.0169. The average molecular weight is 329 g/mol. The third-order valence-electron chi connectivity index (χ3n) is 4.52. The Balaban J connectivity index is 1.58. The van der Waals surface area contributed by atoms with Crippen LogP contribution in [0.5, 0.6) is 0 Å². The molecule has 0 aromatic heterocycles. The van der Waals surface area contributed by atoms with Gasteiger partial charge in [-0.3, -0.25) is 0 Å². The van der Waals surface area contributed by atoms with Crippen LogP contribution in [0.1, 0.15) is 37.7 Å². The normalized spacial score (nSPS) is 15.6. The van der Waals surface area contributed by atoms with E-state index in [9.17, 15) is 5.02 Å². The fourth-order valence-electron chi connectivity index (χ4n) is 3.08. The number of hydrogen-bond acceptors (Lipinski definition) is 2. The molecule has 0 spiro atoms. The Morgan fingerprint density at radius 1 is 0.913 bits per heavy atom. The highest BCUT2D eigenvalue weighted by atomic mass is 35.5. The zero-order chi connectivity index (χ0) is 16.1. The molecular weight excluding hydrogens is 306 g/mol. The van der Waals surface area contributed by atoms with Gasteiger partial charge >= 0.3 is 6.92 Å². The van der Waals surface area contributed by atoms with Gasteiger partial charge in [0, 0.05) is 5.02 Å². The summed E-state index contributed by atoms with van der Waals surface area (Å²) < 4.78 is 5.99. The topological polar surface area (TPSA) is 29.5 Å². The summed E-state index contributed by atoms with van der Waals surface area (Å²) in [5, 5.41) is 11.1. The average Bonchev–Trinajstić information content (AvgIpc) is 2.61. The van der Waals surface area contributed by atoms with E-state index in [4.69, 9.17) is 16.3 Å². The smallest absolute Gasteiger partial charge is 0.358 e. The molecule has 0 heterocycles. The molecule has 3 rings (SSSR count). The minimum Gasteiger partial charge on any atom is -0.443 e. The molecule has 2 aromatic carbocycles. The van der Waals surface area contributed by atoms with E-state index in [-0.39, 0.29) is 0 Å². The quantitative estimate of drug-likeness (QED) is 0.854. The molecule has 0 bridgehead atoms. The van der Waals surface area contributed by atoms with Crippen LogP contribution in [0.4, 0.5) is 0 Å². The van der Waals surface area contributed by atoms with Crippen molar-refractivity contribution in [3.8, 4) is 0 Å². The summed E-state index contributed by atoms with van der Waals surface area (Å²) in [4.78, 5) is 0. The summed E-state index contributed by atoms with van der Waals surface area (Å²) in [7, 11) is 0. The molecule has 0 aliphatic heterocycles. The third-order valence-corrected chi connectivity index (χ3v) is 4.77. The van der Waals surface area contributed by atoms with Gasteiger partial charge in [-0.05, 0) is 41.5 Å². The van der Waals surface area contributed by atoms with E-state index in [0.29, 0.717) is 17.7 Å². The van der Waals surface area contributed by atoms with Gasteiger partial charge in [0.1, 0.15) is 0 Å². The molecule has 4 heteroatoms. The van der Waals surface area contributed by atoms with Crippen molar-refractivity contribution in [2.24, 2.45) is 0 Å². The van der Waals surface area contributed by atoms with E-state index >= 15 is 0 Å². The maximum absolute atomic E-state index is 10.4. The van der Waals surface area contributed by atoms with Crippen LogP contribution in [0.2, 0.25) is 5.02 Å². The van der Waals surface area contributed by atoms with Crippen LogP contribution in [0.3, 0.4) is 0 Å². The number of benzene rings is 2. The first-order chi connectivity index (χ1) is 11.2. The molecular formula is C19H22BClO2. The first-order valence-corrected chi connectivity index (χ1v) is 8.74. The lowest BCUT2D eigenvalue weighted by Crippen LogP contribution is -2.42. The summed E-state index contributed by atoms with van der Waals surface area (Å²) in [5.74, 6) is 0. The van der Waals surface area contributed by atoms with Gasteiger partial charge in [0.25, 0.3) is 0 Å². The fourth-order valence-corrected chi connectivity index (χ4v) is 3.21. The van der Waals surface area contributed by atoms with Crippen molar-refractivity contribution < 1.29 is 9.76 Å². The highest BCUT2D eigenvalue weighted by molar-refractivity contribution is 6.78. The van der Waals surface area contributed by atoms with Gasteiger partial charge in [0.15, 0.2) is 0 Å².